The maximum absolute atomic E-state index is 13.1. The Bertz CT molecular complexity index is 1430. The van der Waals surface area contributed by atoms with E-state index in [0.717, 1.165) is 11.3 Å². The first-order chi connectivity index (χ1) is 17.4. The summed E-state index contributed by atoms with van der Waals surface area (Å²) in [4.78, 5) is 32.8. The third kappa shape index (κ3) is 4.72. The second-order valence-corrected chi connectivity index (χ2v) is 9.37. The van der Waals surface area contributed by atoms with Gasteiger partial charge in [-0.25, -0.2) is 4.68 Å². The SMILES string of the molecule is Cc1c(NC(=O)C2CCN(Cc3nc(-c4ccccc4Cl)no3)CC2)c(=O)n(-c2ccccc2)n1C. The number of carbonyl (C=O) groups is 1. The van der Waals surface area contributed by atoms with E-state index in [1.54, 1.807) is 15.4 Å². The van der Waals surface area contributed by atoms with Crippen LogP contribution in [0.3, 0.4) is 0 Å². The number of halogens is 1. The van der Waals surface area contributed by atoms with Crippen LogP contribution in [0.1, 0.15) is 24.4 Å². The lowest BCUT2D eigenvalue weighted by Gasteiger charge is -2.30. The van der Waals surface area contributed by atoms with Gasteiger partial charge in [0.1, 0.15) is 5.69 Å². The minimum absolute atomic E-state index is 0.126. The van der Waals surface area contributed by atoms with Gasteiger partial charge in [-0.05, 0) is 57.1 Å². The minimum atomic E-state index is -0.238. The molecule has 0 unspecified atom stereocenters. The Balaban J connectivity index is 1.20. The molecule has 1 saturated heterocycles. The van der Waals surface area contributed by atoms with E-state index < -0.39 is 0 Å². The van der Waals surface area contributed by atoms with Gasteiger partial charge in [-0.2, -0.15) is 4.98 Å². The van der Waals surface area contributed by atoms with Crippen LogP contribution in [0.4, 0.5) is 5.69 Å². The number of para-hydroxylation sites is 1. The van der Waals surface area contributed by atoms with Crippen LogP contribution in [0, 0.1) is 12.8 Å². The molecule has 0 aliphatic carbocycles. The molecule has 10 heteroatoms. The third-order valence-electron chi connectivity index (χ3n) is 6.70. The number of anilines is 1. The zero-order valence-corrected chi connectivity index (χ0v) is 20.9. The lowest BCUT2D eigenvalue weighted by atomic mass is 9.96. The number of nitrogens with zero attached hydrogens (tertiary/aromatic N) is 5. The van der Waals surface area contributed by atoms with Crippen molar-refractivity contribution in [1.29, 1.82) is 0 Å². The van der Waals surface area contributed by atoms with Crippen molar-refractivity contribution in [3.63, 3.8) is 0 Å². The molecule has 2 aromatic heterocycles. The maximum atomic E-state index is 13.1. The van der Waals surface area contributed by atoms with Crippen molar-refractivity contribution < 1.29 is 9.32 Å². The molecular formula is C26H27ClN6O3. The number of amides is 1. The predicted octanol–water partition coefficient (Wildman–Crippen LogP) is 4.04. The van der Waals surface area contributed by atoms with Crippen molar-refractivity contribution in [3.05, 3.63) is 81.6 Å². The summed E-state index contributed by atoms with van der Waals surface area (Å²) in [6, 6.07) is 16.7. The van der Waals surface area contributed by atoms with E-state index in [2.05, 4.69) is 20.4 Å². The third-order valence-corrected chi connectivity index (χ3v) is 7.03. The molecule has 0 radical (unpaired) electrons. The van der Waals surface area contributed by atoms with Crippen LogP contribution in [0.5, 0.6) is 0 Å². The standard InChI is InChI=1S/C26H27ClN6O3/c1-17-23(26(35)33(31(17)2)19-8-4-3-5-9-19)29-25(34)18-12-14-32(15-13-18)16-22-28-24(30-36-22)20-10-6-7-11-21(20)27/h3-11,18H,12-16H2,1-2H3,(H,29,34). The number of piperidine rings is 1. The second-order valence-electron chi connectivity index (χ2n) is 8.97. The van der Waals surface area contributed by atoms with Crippen LogP contribution >= 0.6 is 11.6 Å². The van der Waals surface area contributed by atoms with Gasteiger partial charge in [0, 0.05) is 18.5 Å². The zero-order chi connectivity index (χ0) is 25.2. The molecule has 1 fully saturated rings. The number of aromatic nitrogens is 4. The van der Waals surface area contributed by atoms with Crippen LogP contribution in [-0.2, 0) is 18.4 Å². The number of benzene rings is 2. The molecule has 1 amide bonds. The van der Waals surface area contributed by atoms with E-state index in [-0.39, 0.29) is 17.4 Å². The van der Waals surface area contributed by atoms with E-state index in [0.29, 0.717) is 60.6 Å². The summed E-state index contributed by atoms with van der Waals surface area (Å²) in [5.41, 5.74) is 2.28. The predicted molar refractivity (Wildman–Crippen MR) is 137 cm³/mol. The maximum Gasteiger partial charge on any atom is 0.295 e. The number of hydrogen-bond acceptors (Lipinski definition) is 6. The quantitative estimate of drug-likeness (QED) is 0.424. The van der Waals surface area contributed by atoms with Crippen molar-refractivity contribution in [2.45, 2.75) is 26.3 Å². The molecule has 0 bridgehead atoms. The molecular weight excluding hydrogens is 480 g/mol. The van der Waals surface area contributed by atoms with Crippen LogP contribution in [-0.4, -0.2) is 43.4 Å². The number of carbonyl (C=O) groups excluding carboxylic acids is 1. The Morgan fingerprint density at radius 2 is 1.81 bits per heavy atom. The number of hydrogen-bond donors (Lipinski definition) is 1. The Hall–Kier alpha value is -3.69. The largest absolute Gasteiger partial charge is 0.338 e. The number of nitrogens with one attached hydrogen (secondary N) is 1. The summed E-state index contributed by atoms with van der Waals surface area (Å²) in [7, 11) is 1.81. The lowest BCUT2D eigenvalue weighted by molar-refractivity contribution is -0.121. The van der Waals surface area contributed by atoms with E-state index in [4.69, 9.17) is 16.1 Å². The molecule has 2 aromatic carbocycles. The smallest absolute Gasteiger partial charge is 0.295 e. The zero-order valence-electron chi connectivity index (χ0n) is 20.1. The van der Waals surface area contributed by atoms with Gasteiger partial charge in [-0.3, -0.25) is 19.2 Å². The highest BCUT2D eigenvalue weighted by Crippen LogP contribution is 2.26. The highest BCUT2D eigenvalue weighted by atomic mass is 35.5. The Morgan fingerprint density at radius 3 is 2.53 bits per heavy atom. The van der Waals surface area contributed by atoms with Crippen LogP contribution in [0.25, 0.3) is 17.1 Å². The monoisotopic (exact) mass is 506 g/mol. The first-order valence-electron chi connectivity index (χ1n) is 11.9. The normalized spacial score (nSPS) is 14.8. The highest BCUT2D eigenvalue weighted by molar-refractivity contribution is 6.33. The van der Waals surface area contributed by atoms with Gasteiger partial charge in [0.2, 0.25) is 17.6 Å². The topological polar surface area (TPSA) is 98.2 Å². The highest BCUT2D eigenvalue weighted by Gasteiger charge is 2.28. The summed E-state index contributed by atoms with van der Waals surface area (Å²) in [6.45, 7) is 3.76. The van der Waals surface area contributed by atoms with E-state index in [9.17, 15) is 9.59 Å². The molecule has 4 aromatic rings. The summed E-state index contributed by atoms with van der Waals surface area (Å²) in [5.74, 6) is 0.671. The Morgan fingerprint density at radius 1 is 1.11 bits per heavy atom. The fourth-order valence-corrected chi connectivity index (χ4v) is 4.77. The van der Waals surface area contributed by atoms with Gasteiger partial charge in [0.05, 0.1) is 22.9 Å². The fraction of sp³-hybridized carbons (Fsp3) is 0.308. The first kappa shape index (κ1) is 24.0. The summed E-state index contributed by atoms with van der Waals surface area (Å²) in [5, 5.41) is 7.53. The Labute approximate surface area is 213 Å². The van der Waals surface area contributed by atoms with Gasteiger partial charge in [-0.1, -0.05) is 47.1 Å². The number of likely N-dealkylation sites (tertiary alicyclic amines) is 1. The average molecular weight is 507 g/mol. The molecule has 1 aliphatic rings. The van der Waals surface area contributed by atoms with Crippen LogP contribution in [0.15, 0.2) is 63.9 Å². The summed E-state index contributed by atoms with van der Waals surface area (Å²) < 4.78 is 8.75. The van der Waals surface area contributed by atoms with Gasteiger partial charge in [0.15, 0.2) is 0 Å². The molecule has 0 saturated carbocycles. The van der Waals surface area contributed by atoms with Crippen molar-refractivity contribution in [1.82, 2.24) is 24.4 Å². The van der Waals surface area contributed by atoms with Crippen molar-refractivity contribution >= 4 is 23.2 Å². The van der Waals surface area contributed by atoms with Gasteiger partial charge in [-0.15, -0.1) is 0 Å². The minimum Gasteiger partial charge on any atom is -0.338 e. The van der Waals surface area contributed by atoms with Crippen molar-refractivity contribution in [2.75, 3.05) is 18.4 Å². The lowest BCUT2D eigenvalue weighted by Crippen LogP contribution is -2.38. The second kappa shape index (κ2) is 10.1. The van der Waals surface area contributed by atoms with Gasteiger partial charge < -0.3 is 9.84 Å². The molecule has 0 spiro atoms. The van der Waals surface area contributed by atoms with Crippen LogP contribution in [0.2, 0.25) is 5.02 Å². The molecule has 36 heavy (non-hydrogen) atoms. The molecule has 9 nitrogen and oxygen atoms in total. The molecule has 186 valence electrons. The Kier molecular flexibility index (Phi) is 6.75. The molecule has 3 heterocycles. The number of rotatable bonds is 6. The molecule has 0 atom stereocenters. The van der Waals surface area contributed by atoms with E-state index >= 15 is 0 Å². The molecule has 1 aliphatic heterocycles. The van der Waals surface area contributed by atoms with Gasteiger partial charge >= 0.3 is 0 Å². The molecule has 1 N–H and O–H groups in total. The first-order valence-corrected chi connectivity index (χ1v) is 12.2. The fourth-order valence-electron chi connectivity index (χ4n) is 4.55. The van der Waals surface area contributed by atoms with Crippen molar-refractivity contribution in [3.8, 4) is 17.1 Å². The van der Waals surface area contributed by atoms with E-state index in [1.165, 1.54) is 0 Å². The summed E-state index contributed by atoms with van der Waals surface area (Å²) >= 11 is 6.23. The van der Waals surface area contributed by atoms with Gasteiger partial charge in [0.25, 0.3) is 5.56 Å². The summed E-state index contributed by atoms with van der Waals surface area (Å²) in [6.07, 6.45) is 1.35. The van der Waals surface area contributed by atoms with Crippen LogP contribution < -0.4 is 10.9 Å². The average Bonchev–Trinajstić information content (AvgIpc) is 3.43. The van der Waals surface area contributed by atoms with Crippen molar-refractivity contribution in [2.24, 2.45) is 13.0 Å². The van der Waals surface area contributed by atoms with E-state index in [1.807, 2.05) is 62.5 Å². The molecule has 5 rings (SSSR count).